The Balaban J connectivity index is 1.38. The third-order valence-electron chi connectivity index (χ3n) is 5.36. The number of aromatic nitrogens is 2. The molecule has 0 saturated carbocycles. The summed E-state index contributed by atoms with van der Waals surface area (Å²) in [6.07, 6.45) is 0.681. The fourth-order valence-corrected chi connectivity index (χ4v) is 4.57. The van der Waals surface area contributed by atoms with Crippen LogP contribution in [0.3, 0.4) is 0 Å². The molecule has 1 unspecified atom stereocenters. The third kappa shape index (κ3) is 4.11. The summed E-state index contributed by atoms with van der Waals surface area (Å²) < 4.78 is 11.3. The molecule has 5 aromatic rings. The molecule has 0 amide bonds. The number of hydrogen-bond donors (Lipinski definition) is 0. The van der Waals surface area contributed by atoms with Gasteiger partial charge >= 0.3 is 5.63 Å². The molecule has 5 rings (SSSR count). The minimum Gasteiger partial charge on any atom is -0.423 e. The molecule has 2 aromatic heterocycles. The minimum atomic E-state index is -0.360. The Kier molecular flexibility index (Phi) is 5.30. The van der Waals surface area contributed by atoms with Crippen LogP contribution in [0, 0.1) is 0 Å². The van der Waals surface area contributed by atoms with Crippen LogP contribution in [0.1, 0.15) is 29.9 Å². The van der Waals surface area contributed by atoms with Gasteiger partial charge in [0.1, 0.15) is 5.58 Å². The van der Waals surface area contributed by atoms with E-state index < -0.39 is 0 Å². The van der Waals surface area contributed by atoms with Gasteiger partial charge in [-0.25, -0.2) is 4.79 Å². The van der Waals surface area contributed by atoms with Crippen LogP contribution in [0.2, 0.25) is 0 Å². The second-order valence-electron chi connectivity index (χ2n) is 7.52. The zero-order chi connectivity index (χ0) is 21.2. The SMILES string of the molecule is CC(Cc1nnc(SCc2cc(=O)oc3ccc4ccccc4c23)o1)c1ccccc1. The predicted molar refractivity (Wildman–Crippen MR) is 122 cm³/mol. The Bertz CT molecular complexity index is 1410. The molecule has 5 nitrogen and oxygen atoms in total. The van der Waals surface area contributed by atoms with Crippen molar-refractivity contribution < 1.29 is 8.83 Å². The van der Waals surface area contributed by atoms with E-state index in [1.807, 2.05) is 48.5 Å². The highest BCUT2D eigenvalue weighted by molar-refractivity contribution is 7.98. The van der Waals surface area contributed by atoms with E-state index in [0.29, 0.717) is 28.9 Å². The second-order valence-corrected chi connectivity index (χ2v) is 8.44. The summed E-state index contributed by atoms with van der Waals surface area (Å²) in [7, 11) is 0. The molecular weight excluding hydrogens is 408 g/mol. The molecule has 6 heteroatoms. The maximum Gasteiger partial charge on any atom is 0.336 e. The average molecular weight is 429 g/mol. The summed E-state index contributed by atoms with van der Waals surface area (Å²) in [6, 6.07) is 23.7. The summed E-state index contributed by atoms with van der Waals surface area (Å²) in [4.78, 5) is 12.1. The number of benzene rings is 3. The van der Waals surface area contributed by atoms with Crippen LogP contribution < -0.4 is 5.63 Å². The molecule has 0 bridgehead atoms. The van der Waals surface area contributed by atoms with Crippen LogP contribution in [0.15, 0.2) is 91.6 Å². The highest BCUT2D eigenvalue weighted by Gasteiger charge is 2.15. The first kappa shape index (κ1) is 19.6. The Morgan fingerprint density at radius 1 is 0.935 bits per heavy atom. The molecule has 3 aromatic carbocycles. The first-order chi connectivity index (χ1) is 15.2. The molecule has 0 aliphatic carbocycles. The van der Waals surface area contributed by atoms with E-state index in [2.05, 4.69) is 35.3 Å². The van der Waals surface area contributed by atoms with E-state index in [-0.39, 0.29) is 11.5 Å². The molecule has 31 heavy (non-hydrogen) atoms. The Morgan fingerprint density at radius 2 is 1.74 bits per heavy atom. The Labute approximate surface area is 183 Å². The Hall–Kier alpha value is -3.38. The van der Waals surface area contributed by atoms with Crippen molar-refractivity contribution >= 4 is 33.5 Å². The van der Waals surface area contributed by atoms with Crippen LogP contribution >= 0.6 is 11.8 Å². The van der Waals surface area contributed by atoms with Gasteiger partial charge in [0.05, 0.1) is 0 Å². The fourth-order valence-electron chi connectivity index (χ4n) is 3.81. The van der Waals surface area contributed by atoms with E-state index >= 15 is 0 Å². The first-order valence-electron chi connectivity index (χ1n) is 10.1. The van der Waals surface area contributed by atoms with Gasteiger partial charge in [0.25, 0.3) is 5.22 Å². The monoisotopic (exact) mass is 428 g/mol. The van der Waals surface area contributed by atoms with Crippen molar-refractivity contribution in [2.24, 2.45) is 0 Å². The highest BCUT2D eigenvalue weighted by Crippen LogP contribution is 2.31. The van der Waals surface area contributed by atoms with Crippen LogP contribution in [0.4, 0.5) is 0 Å². The van der Waals surface area contributed by atoms with Crippen LogP contribution in [0.5, 0.6) is 0 Å². The van der Waals surface area contributed by atoms with Gasteiger partial charge in [-0.15, -0.1) is 10.2 Å². The van der Waals surface area contributed by atoms with Gasteiger partial charge in [-0.1, -0.05) is 79.3 Å². The summed E-state index contributed by atoms with van der Waals surface area (Å²) in [5, 5.41) is 12.0. The van der Waals surface area contributed by atoms with Gasteiger partial charge in [-0.3, -0.25) is 0 Å². The number of thioether (sulfide) groups is 1. The van der Waals surface area contributed by atoms with Crippen molar-refractivity contribution in [3.63, 3.8) is 0 Å². The second kappa shape index (κ2) is 8.40. The summed E-state index contributed by atoms with van der Waals surface area (Å²) in [5.41, 5.74) is 2.36. The lowest BCUT2D eigenvalue weighted by atomic mass is 9.98. The molecule has 0 aliphatic heterocycles. The van der Waals surface area contributed by atoms with E-state index in [1.54, 1.807) is 6.07 Å². The number of fused-ring (bicyclic) bond motifs is 3. The summed E-state index contributed by atoms with van der Waals surface area (Å²) in [5.74, 6) is 1.43. The highest BCUT2D eigenvalue weighted by atomic mass is 32.2. The molecule has 0 saturated heterocycles. The molecule has 0 fully saturated rings. The predicted octanol–water partition coefficient (Wildman–Crippen LogP) is 5.97. The van der Waals surface area contributed by atoms with E-state index in [1.165, 1.54) is 17.3 Å². The molecule has 154 valence electrons. The maximum atomic E-state index is 12.1. The Morgan fingerprint density at radius 3 is 2.61 bits per heavy atom. The van der Waals surface area contributed by atoms with Crippen LogP contribution in [-0.2, 0) is 12.2 Å². The topological polar surface area (TPSA) is 69.1 Å². The maximum absolute atomic E-state index is 12.1. The lowest BCUT2D eigenvalue weighted by molar-refractivity contribution is 0.404. The summed E-state index contributed by atoms with van der Waals surface area (Å²) in [6.45, 7) is 2.15. The molecule has 1 atom stereocenters. The van der Waals surface area contributed by atoms with E-state index in [4.69, 9.17) is 8.83 Å². The van der Waals surface area contributed by atoms with Gasteiger partial charge in [0.2, 0.25) is 5.89 Å². The molecule has 0 spiro atoms. The minimum absolute atomic E-state index is 0.286. The van der Waals surface area contributed by atoms with E-state index in [9.17, 15) is 4.79 Å². The van der Waals surface area contributed by atoms with Crippen LogP contribution in [0.25, 0.3) is 21.7 Å². The summed E-state index contributed by atoms with van der Waals surface area (Å²) >= 11 is 1.43. The van der Waals surface area contributed by atoms with Crippen molar-refractivity contribution in [2.75, 3.05) is 0 Å². The van der Waals surface area contributed by atoms with Crippen molar-refractivity contribution in [3.8, 4) is 0 Å². The standard InChI is InChI=1S/C25H20N2O3S/c1-16(17-7-3-2-4-8-17)13-22-26-27-25(30-22)31-15-19-14-23(28)29-21-12-11-18-9-5-6-10-20(18)24(19)21/h2-12,14,16H,13,15H2,1H3. The van der Waals surface area contributed by atoms with Gasteiger partial charge < -0.3 is 8.83 Å². The van der Waals surface area contributed by atoms with Crippen molar-refractivity contribution in [1.29, 1.82) is 0 Å². The molecule has 2 heterocycles. The number of rotatable bonds is 6. The largest absolute Gasteiger partial charge is 0.423 e. The lowest BCUT2D eigenvalue weighted by Gasteiger charge is -2.08. The zero-order valence-corrected chi connectivity index (χ0v) is 17.8. The average Bonchev–Trinajstić information content (AvgIpc) is 3.24. The van der Waals surface area contributed by atoms with Crippen molar-refractivity contribution in [3.05, 3.63) is 100 Å². The van der Waals surface area contributed by atoms with Crippen LogP contribution in [-0.4, -0.2) is 10.2 Å². The van der Waals surface area contributed by atoms with Gasteiger partial charge in [-0.05, 0) is 33.9 Å². The van der Waals surface area contributed by atoms with E-state index in [0.717, 1.165) is 21.7 Å². The first-order valence-corrected chi connectivity index (χ1v) is 11.1. The van der Waals surface area contributed by atoms with Gasteiger partial charge in [0, 0.05) is 23.6 Å². The smallest absolute Gasteiger partial charge is 0.336 e. The molecular formula is C25H20N2O3S. The lowest BCUT2D eigenvalue weighted by Crippen LogP contribution is -2.00. The molecule has 0 radical (unpaired) electrons. The number of hydrogen-bond acceptors (Lipinski definition) is 6. The molecule has 0 aliphatic rings. The quantitative estimate of drug-likeness (QED) is 0.189. The van der Waals surface area contributed by atoms with Gasteiger partial charge in [-0.2, -0.15) is 0 Å². The van der Waals surface area contributed by atoms with Crippen molar-refractivity contribution in [1.82, 2.24) is 10.2 Å². The number of nitrogens with zero attached hydrogens (tertiary/aromatic N) is 2. The third-order valence-corrected chi connectivity index (χ3v) is 6.23. The van der Waals surface area contributed by atoms with Gasteiger partial charge in [0.15, 0.2) is 0 Å². The fraction of sp³-hybridized carbons (Fsp3) is 0.160. The molecule has 0 N–H and O–H groups in total. The zero-order valence-electron chi connectivity index (χ0n) is 16.9. The normalized spacial score (nSPS) is 12.4. The van der Waals surface area contributed by atoms with Crippen molar-refractivity contribution in [2.45, 2.75) is 30.2 Å².